The van der Waals surface area contributed by atoms with E-state index >= 15 is 0 Å². The van der Waals surface area contributed by atoms with Crippen molar-refractivity contribution in [3.05, 3.63) is 71.6 Å². The molecule has 0 radical (unpaired) electrons. The highest BCUT2D eigenvalue weighted by molar-refractivity contribution is 5.67. The van der Waals surface area contributed by atoms with Crippen LogP contribution in [0.15, 0.2) is 51.6 Å². The number of benzene rings is 1. The highest BCUT2D eigenvalue weighted by Crippen LogP contribution is 2.03. The van der Waals surface area contributed by atoms with Gasteiger partial charge in [-0.3, -0.25) is 0 Å². The van der Waals surface area contributed by atoms with Crippen LogP contribution in [-0.4, -0.2) is 29.2 Å². The molecular formula is C21H30N4O4. The molecule has 0 aliphatic carbocycles. The summed E-state index contributed by atoms with van der Waals surface area (Å²) in [6.07, 6.45) is 4.20. The molecule has 0 unspecified atom stereocenters. The average molecular weight is 402 g/mol. The van der Waals surface area contributed by atoms with Gasteiger partial charge in [0.25, 0.3) is 0 Å². The molecule has 0 saturated carbocycles. The first kappa shape index (κ1) is 23.9. The fourth-order valence-electron chi connectivity index (χ4n) is 2.20. The van der Waals surface area contributed by atoms with E-state index in [1.165, 1.54) is 0 Å². The number of ether oxygens (including phenoxy) is 1. The molecule has 0 fully saturated rings. The van der Waals surface area contributed by atoms with Gasteiger partial charge in [-0.2, -0.15) is 0 Å². The molecule has 0 aliphatic heterocycles. The minimum atomic E-state index is -0.438. The zero-order valence-corrected chi connectivity index (χ0v) is 16.2. The second-order valence-corrected chi connectivity index (χ2v) is 6.01. The number of nitrogens with one attached hydrogen (secondary N) is 1. The third-order valence-corrected chi connectivity index (χ3v) is 3.52. The number of carbonyl (C=O) groups excluding carboxylic acids is 1. The number of rotatable bonds is 7. The molecule has 158 valence electrons. The van der Waals surface area contributed by atoms with E-state index in [9.17, 15) is 4.79 Å². The first-order valence-corrected chi connectivity index (χ1v) is 9.04. The van der Waals surface area contributed by atoms with Crippen molar-refractivity contribution < 1.29 is 18.4 Å². The Morgan fingerprint density at radius 2 is 1.62 bits per heavy atom. The Labute approximate surface area is 171 Å². The van der Waals surface area contributed by atoms with Crippen LogP contribution in [0, 0.1) is 13.8 Å². The van der Waals surface area contributed by atoms with E-state index in [1.54, 1.807) is 12.4 Å². The van der Waals surface area contributed by atoms with Gasteiger partial charge in [0.05, 0.1) is 12.4 Å². The number of nitrogens with zero attached hydrogens (tertiary/aromatic N) is 2. The van der Waals surface area contributed by atoms with Crippen LogP contribution < -0.4 is 11.1 Å². The van der Waals surface area contributed by atoms with Crippen molar-refractivity contribution in [3.63, 3.8) is 0 Å². The SMILES string of the molecule is C.Cc1cnc(CCN)o1.Cc1cnc(CCNC(=O)OCc2ccccc2)o1. The molecule has 1 aromatic carbocycles. The van der Waals surface area contributed by atoms with Gasteiger partial charge < -0.3 is 24.6 Å². The molecule has 1 amide bonds. The van der Waals surface area contributed by atoms with Crippen LogP contribution in [0.3, 0.4) is 0 Å². The van der Waals surface area contributed by atoms with Gasteiger partial charge >= 0.3 is 6.09 Å². The summed E-state index contributed by atoms with van der Waals surface area (Å²) in [5.74, 6) is 2.95. The molecule has 3 aromatic rings. The molecule has 0 aliphatic rings. The van der Waals surface area contributed by atoms with Crippen LogP contribution in [0.4, 0.5) is 4.79 Å². The first-order valence-electron chi connectivity index (χ1n) is 9.04. The molecular weight excluding hydrogens is 372 g/mol. The topological polar surface area (TPSA) is 116 Å². The third-order valence-electron chi connectivity index (χ3n) is 3.52. The molecule has 2 aromatic heterocycles. The second-order valence-electron chi connectivity index (χ2n) is 6.01. The molecule has 3 rings (SSSR count). The van der Waals surface area contributed by atoms with Gasteiger partial charge in [0, 0.05) is 25.9 Å². The molecule has 0 atom stereocenters. The number of carbonyl (C=O) groups is 1. The monoisotopic (exact) mass is 402 g/mol. The highest BCUT2D eigenvalue weighted by Gasteiger charge is 2.04. The number of nitrogens with two attached hydrogens (primary N) is 1. The van der Waals surface area contributed by atoms with Crippen LogP contribution in [0.25, 0.3) is 0 Å². The Kier molecular flexibility index (Phi) is 10.8. The third kappa shape index (κ3) is 9.57. The molecule has 8 nitrogen and oxygen atoms in total. The van der Waals surface area contributed by atoms with Gasteiger partial charge in [0.2, 0.25) is 0 Å². The fourth-order valence-corrected chi connectivity index (χ4v) is 2.20. The van der Waals surface area contributed by atoms with Crippen molar-refractivity contribution in [2.45, 2.75) is 40.7 Å². The van der Waals surface area contributed by atoms with E-state index in [0.29, 0.717) is 25.4 Å². The van der Waals surface area contributed by atoms with E-state index in [2.05, 4.69) is 15.3 Å². The number of oxazole rings is 2. The van der Waals surface area contributed by atoms with Crippen molar-refractivity contribution in [2.75, 3.05) is 13.1 Å². The van der Waals surface area contributed by atoms with E-state index in [4.69, 9.17) is 19.3 Å². The van der Waals surface area contributed by atoms with E-state index in [1.807, 2.05) is 44.2 Å². The smallest absolute Gasteiger partial charge is 0.407 e. The average Bonchev–Trinajstić information content (AvgIpc) is 3.30. The molecule has 29 heavy (non-hydrogen) atoms. The fraction of sp³-hybridized carbons (Fsp3) is 0.381. The van der Waals surface area contributed by atoms with Crippen molar-refractivity contribution in [1.29, 1.82) is 0 Å². The zero-order chi connectivity index (χ0) is 20.2. The van der Waals surface area contributed by atoms with Crippen LogP contribution in [-0.2, 0) is 24.2 Å². The maximum atomic E-state index is 11.4. The summed E-state index contributed by atoms with van der Waals surface area (Å²) in [7, 11) is 0. The number of alkyl carbamates (subject to hydrolysis) is 1. The van der Waals surface area contributed by atoms with Crippen LogP contribution in [0.1, 0.15) is 36.3 Å². The summed E-state index contributed by atoms with van der Waals surface area (Å²) in [5.41, 5.74) is 6.23. The lowest BCUT2D eigenvalue weighted by Crippen LogP contribution is -2.26. The van der Waals surface area contributed by atoms with Gasteiger partial charge in [0.15, 0.2) is 11.8 Å². The second kappa shape index (κ2) is 13.1. The van der Waals surface area contributed by atoms with Gasteiger partial charge in [-0.1, -0.05) is 37.8 Å². The van der Waals surface area contributed by atoms with Crippen LogP contribution in [0.5, 0.6) is 0 Å². The number of aryl methyl sites for hydroxylation is 2. The molecule has 2 heterocycles. The lowest BCUT2D eigenvalue weighted by Gasteiger charge is -2.05. The summed E-state index contributed by atoms with van der Waals surface area (Å²) in [5, 5.41) is 2.65. The largest absolute Gasteiger partial charge is 0.446 e. The normalized spacial score (nSPS) is 9.76. The van der Waals surface area contributed by atoms with Gasteiger partial charge in [-0.15, -0.1) is 0 Å². The Morgan fingerprint density at radius 3 is 2.14 bits per heavy atom. The lowest BCUT2D eigenvalue weighted by atomic mass is 10.2. The Bertz CT molecular complexity index is 830. The van der Waals surface area contributed by atoms with E-state index in [0.717, 1.165) is 29.4 Å². The summed E-state index contributed by atoms with van der Waals surface area (Å²) in [6.45, 7) is 5.00. The molecule has 3 N–H and O–H groups in total. The van der Waals surface area contributed by atoms with E-state index in [-0.39, 0.29) is 14.0 Å². The Hall–Kier alpha value is -3.13. The standard InChI is InChI=1S/C14H16N2O3.C6H10N2O.CH4/c1-11-9-16-13(19-11)7-8-15-14(17)18-10-12-5-3-2-4-6-12;1-5-4-8-6(9-5)2-3-7;/h2-6,9H,7-8,10H2,1H3,(H,15,17);4H,2-3,7H2,1H3;1H4. The summed E-state index contributed by atoms with van der Waals surface area (Å²) >= 11 is 0. The van der Waals surface area contributed by atoms with Gasteiger partial charge in [-0.05, 0) is 19.4 Å². The minimum Gasteiger partial charge on any atom is -0.446 e. The quantitative estimate of drug-likeness (QED) is 0.620. The lowest BCUT2D eigenvalue weighted by molar-refractivity contribution is 0.139. The van der Waals surface area contributed by atoms with Crippen molar-refractivity contribution >= 4 is 6.09 Å². The van der Waals surface area contributed by atoms with Crippen molar-refractivity contribution in [1.82, 2.24) is 15.3 Å². The first-order chi connectivity index (χ1) is 13.6. The predicted molar refractivity (Wildman–Crippen MR) is 110 cm³/mol. The summed E-state index contributed by atoms with van der Waals surface area (Å²) in [4.78, 5) is 19.4. The molecule has 0 saturated heterocycles. The van der Waals surface area contributed by atoms with E-state index < -0.39 is 6.09 Å². The number of hydrogen-bond acceptors (Lipinski definition) is 7. The van der Waals surface area contributed by atoms with Crippen molar-refractivity contribution in [3.8, 4) is 0 Å². The molecule has 8 heteroatoms. The maximum absolute atomic E-state index is 11.4. The van der Waals surface area contributed by atoms with Gasteiger partial charge in [0.1, 0.15) is 18.1 Å². The Balaban J connectivity index is 0.000000355. The number of aromatic nitrogens is 2. The van der Waals surface area contributed by atoms with Crippen LogP contribution >= 0.6 is 0 Å². The molecule has 0 spiro atoms. The van der Waals surface area contributed by atoms with Crippen LogP contribution in [0.2, 0.25) is 0 Å². The van der Waals surface area contributed by atoms with Gasteiger partial charge in [-0.25, -0.2) is 14.8 Å². The predicted octanol–water partition coefficient (Wildman–Crippen LogP) is 3.57. The van der Waals surface area contributed by atoms with Crippen molar-refractivity contribution in [2.24, 2.45) is 5.73 Å². The zero-order valence-electron chi connectivity index (χ0n) is 16.2. The minimum absolute atomic E-state index is 0. The number of amides is 1. The summed E-state index contributed by atoms with van der Waals surface area (Å²) in [6, 6.07) is 9.54. The maximum Gasteiger partial charge on any atom is 0.407 e. The molecule has 0 bridgehead atoms. The highest BCUT2D eigenvalue weighted by atomic mass is 16.5. The number of hydrogen-bond donors (Lipinski definition) is 2. The Morgan fingerprint density at radius 1 is 1.03 bits per heavy atom. The summed E-state index contributed by atoms with van der Waals surface area (Å²) < 4.78 is 15.5.